The molecule has 1 amide bonds. The number of para-hydroxylation sites is 1. The van der Waals surface area contributed by atoms with E-state index in [1.165, 1.54) is 0 Å². The molecule has 1 fully saturated rings. The molecule has 0 bridgehead atoms. The van der Waals surface area contributed by atoms with E-state index >= 15 is 0 Å². The molecule has 1 saturated heterocycles. The van der Waals surface area contributed by atoms with Crippen molar-refractivity contribution in [3.63, 3.8) is 0 Å². The lowest BCUT2D eigenvalue weighted by molar-refractivity contribution is -0.130. The SMILES string of the molecule is NC1CCCN(C(=O)CNc2ccccc2)C1. The van der Waals surface area contributed by atoms with Gasteiger partial charge in [0.1, 0.15) is 0 Å². The molecule has 0 radical (unpaired) electrons. The van der Waals surface area contributed by atoms with Crippen molar-refractivity contribution in [3.05, 3.63) is 30.3 Å². The third-order valence-corrected chi connectivity index (χ3v) is 3.03. The quantitative estimate of drug-likeness (QED) is 0.820. The van der Waals surface area contributed by atoms with Crippen LogP contribution in [0.15, 0.2) is 30.3 Å². The van der Waals surface area contributed by atoms with E-state index in [1.807, 2.05) is 35.2 Å². The number of carbonyl (C=O) groups excluding carboxylic acids is 1. The van der Waals surface area contributed by atoms with Gasteiger partial charge in [0, 0.05) is 24.8 Å². The number of nitrogens with zero attached hydrogens (tertiary/aromatic N) is 1. The summed E-state index contributed by atoms with van der Waals surface area (Å²) in [5.74, 6) is 0.129. The van der Waals surface area contributed by atoms with E-state index in [-0.39, 0.29) is 11.9 Å². The maximum absolute atomic E-state index is 11.9. The molecule has 1 unspecified atom stereocenters. The van der Waals surface area contributed by atoms with Gasteiger partial charge in [-0.15, -0.1) is 0 Å². The second-order valence-corrected chi connectivity index (χ2v) is 4.46. The zero-order valence-electron chi connectivity index (χ0n) is 9.93. The molecule has 92 valence electrons. The van der Waals surface area contributed by atoms with E-state index in [4.69, 9.17) is 5.73 Å². The van der Waals surface area contributed by atoms with Crippen molar-refractivity contribution in [1.82, 2.24) is 4.90 Å². The van der Waals surface area contributed by atoms with Crippen molar-refractivity contribution in [3.8, 4) is 0 Å². The van der Waals surface area contributed by atoms with Crippen molar-refractivity contribution in [1.29, 1.82) is 0 Å². The Morgan fingerprint density at radius 1 is 1.41 bits per heavy atom. The van der Waals surface area contributed by atoms with Gasteiger partial charge in [-0.25, -0.2) is 0 Å². The highest BCUT2D eigenvalue weighted by molar-refractivity contribution is 5.81. The minimum Gasteiger partial charge on any atom is -0.376 e. The molecule has 1 aliphatic rings. The van der Waals surface area contributed by atoms with Gasteiger partial charge in [-0.1, -0.05) is 18.2 Å². The molecule has 1 atom stereocenters. The predicted molar refractivity (Wildman–Crippen MR) is 68.7 cm³/mol. The number of likely N-dealkylation sites (tertiary alicyclic amines) is 1. The molecular formula is C13H19N3O. The molecule has 4 nitrogen and oxygen atoms in total. The van der Waals surface area contributed by atoms with Crippen LogP contribution in [0.2, 0.25) is 0 Å². The Labute approximate surface area is 102 Å². The first-order chi connectivity index (χ1) is 8.25. The van der Waals surface area contributed by atoms with E-state index in [2.05, 4.69) is 5.32 Å². The van der Waals surface area contributed by atoms with Crippen LogP contribution in [0, 0.1) is 0 Å². The van der Waals surface area contributed by atoms with Crippen LogP contribution in [0.3, 0.4) is 0 Å². The summed E-state index contributed by atoms with van der Waals surface area (Å²) in [5, 5.41) is 3.12. The average Bonchev–Trinajstić information content (AvgIpc) is 2.37. The Bertz CT molecular complexity index is 366. The summed E-state index contributed by atoms with van der Waals surface area (Å²) in [4.78, 5) is 13.8. The Hall–Kier alpha value is -1.55. The molecule has 1 aromatic carbocycles. The summed E-state index contributed by atoms with van der Waals surface area (Å²) in [6.07, 6.45) is 2.04. The van der Waals surface area contributed by atoms with E-state index in [0.29, 0.717) is 13.1 Å². The third-order valence-electron chi connectivity index (χ3n) is 3.03. The third kappa shape index (κ3) is 3.46. The second-order valence-electron chi connectivity index (χ2n) is 4.46. The fourth-order valence-corrected chi connectivity index (χ4v) is 2.08. The largest absolute Gasteiger partial charge is 0.376 e. The number of nitrogens with two attached hydrogens (primary N) is 1. The van der Waals surface area contributed by atoms with Crippen molar-refractivity contribution in [2.45, 2.75) is 18.9 Å². The van der Waals surface area contributed by atoms with Crippen LogP contribution in [0.4, 0.5) is 5.69 Å². The van der Waals surface area contributed by atoms with Crippen LogP contribution in [-0.4, -0.2) is 36.5 Å². The van der Waals surface area contributed by atoms with E-state index in [1.54, 1.807) is 0 Å². The molecule has 17 heavy (non-hydrogen) atoms. The van der Waals surface area contributed by atoms with Crippen molar-refractivity contribution >= 4 is 11.6 Å². The number of hydrogen-bond acceptors (Lipinski definition) is 3. The maximum Gasteiger partial charge on any atom is 0.241 e. The summed E-state index contributed by atoms with van der Waals surface area (Å²) in [5.41, 5.74) is 6.83. The molecule has 1 heterocycles. The van der Waals surface area contributed by atoms with E-state index < -0.39 is 0 Å². The van der Waals surface area contributed by atoms with Gasteiger partial charge in [-0.3, -0.25) is 4.79 Å². The minimum absolute atomic E-state index is 0.129. The Morgan fingerprint density at radius 3 is 2.88 bits per heavy atom. The molecule has 0 aliphatic carbocycles. The van der Waals surface area contributed by atoms with Gasteiger partial charge in [0.05, 0.1) is 6.54 Å². The fraction of sp³-hybridized carbons (Fsp3) is 0.462. The molecule has 0 spiro atoms. The van der Waals surface area contributed by atoms with Gasteiger partial charge in [0.2, 0.25) is 5.91 Å². The van der Waals surface area contributed by atoms with E-state index in [0.717, 1.165) is 25.1 Å². The summed E-state index contributed by atoms with van der Waals surface area (Å²) < 4.78 is 0. The molecular weight excluding hydrogens is 214 g/mol. The molecule has 2 rings (SSSR count). The number of nitrogens with one attached hydrogen (secondary N) is 1. The smallest absolute Gasteiger partial charge is 0.241 e. The summed E-state index contributed by atoms with van der Waals surface area (Å²) in [6.45, 7) is 1.87. The number of rotatable bonds is 3. The zero-order chi connectivity index (χ0) is 12.1. The van der Waals surface area contributed by atoms with Crippen LogP contribution < -0.4 is 11.1 Å². The van der Waals surface area contributed by atoms with Gasteiger partial charge in [0.15, 0.2) is 0 Å². The van der Waals surface area contributed by atoms with Gasteiger partial charge in [-0.2, -0.15) is 0 Å². The molecule has 3 N–H and O–H groups in total. The number of anilines is 1. The highest BCUT2D eigenvalue weighted by Crippen LogP contribution is 2.09. The first kappa shape index (κ1) is 11.9. The number of carbonyl (C=O) groups is 1. The van der Waals surface area contributed by atoms with Gasteiger partial charge >= 0.3 is 0 Å². The Balaban J connectivity index is 1.81. The molecule has 4 heteroatoms. The van der Waals surface area contributed by atoms with Gasteiger partial charge in [-0.05, 0) is 25.0 Å². The highest BCUT2D eigenvalue weighted by atomic mass is 16.2. The van der Waals surface area contributed by atoms with Crippen molar-refractivity contribution < 1.29 is 4.79 Å². The number of piperidine rings is 1. The van der Waals surface area contributed by atoms with Gasteiger partial charge < -0.3 is 16.0 Å². The number of benzene rings is 1. The summed E-state index contributed by atoms with van der Waals surface area (Å²) >= 11 is 0. The lowest BCUT2D eigenvalue weighted by atomic mass is 10.1. The first-order valence-corrected chi connectivity index (χ1v) is 6.08. The minimum atomic E-state index is 0.129. The molecule has 1 aliphatic heterocycles. The van der Waals surface area contributed by atoms with Crippen LogP contribution >= 0.6 is 0 Å². The number of amides is 1. The highest BCUT2D eigenvalue weighted by Gasteiger charge is 2.20. The van der Waals surface area contributed by atoms with Crippen molar-refractivity contribution in [2.75, 3.05) is 25.0 Å². The average molecular weight is 233 g/mol. The predicted octanol–water partition coefficient (Wildman–Crippen LogP) is 1.05. The Kier molecular flexibility index (Phi) is 3.98. The van der Waals surface area contributed by atoms with Crippen LogP contribution in [0.25, 0.3) is 0 Å². The molecule has 0 saturated carbocycles. The summed E-state index contributed by atoms with van der Waals surface area (Å²) in [6, 6.07) is 9.90. The monoisotopic (exact) mass is 233 g/mol. The molecule has 0 aromatic heterocycles. The lowest BCUT2D eigenvalue weighted by Crippen LogP contribution is -2.47. The maximum atomic E-state index is 11.9. The standard InChI is InChI=1S/C13H19N3O/c14-11-5-4-8-16(10-11)13(17)9-15-12-6-2-1-3-7-12/h1-3,6-7,11,15H,4-5,8-10,14H2. The van der Waals surface area contributed by atoms with E-state index in [9.17, 15) is 4.79 Å². The first-order valence-electron chi connectivity index (χ1n) is 6.08. The Morgan fingerprint density at radius 2 is 2.18 bits per heavy atom. The number of hydrogen-bond donors (Lipinski definition) is 2. The summed E-state index contributed by atoms with van der Waals surface area (Å²) in [7, 11) is 0. The van der Waals surface area contributed by atoms with Crippen molar-refractivity contribution in [2.24, 2.45) is 5.73 Å². The van der Waals surface area contributed by atoms with Crippen LogP contribution in [-0.2, 0) is 4.79 Å². The zero-order valence-corrected chi connectivity index (χ0v) is 9.93. The van der Waals surface area contributed by atoms with Crippen LogP contribution in [0.1, 0.15) is 12.8 Å². The second kappa shape index (κ2) is 5.68. The normalized spacial score (nSPS) is 20.1. The lowest BCUT2D eigenvalue weighted by Gasteiger charge is -2.30. The topological polar surface area (TPSA) is 58.4 Å². The van der Waals surface area contributed by atoms with Crippen LogP contribution in [0.5, 0.6) is 0 Å². The van der Waals surface area contributed by atoms with Gasteiger partial charge in [0.25, 0.3) is 0 Å². The fourth-order valence-electron chi connectivity index (χ4n) is 2.08. The molecule has 1 aromatic rings.